The second-order valence-corrected chi connectivity index (χ2v) is 7.82. The van der Waals surface area contributed by atoms with Gasteiger partial charge < -0.3 is 9.80 Å². The van der Waals surface area contributed by atoms with Gasteiger partial charge in [-0.3, -0.25) is 9.69 Å². The lowest BCUT2D eigenvalue weighted by Crippen LogP contribution is -2.51. The zero-order valence-corrected chi connectivity index (χ0v) is 16.4. The van der Waals surface area contributed by atoms with E-state index in [2.05, 4.69) is 66.1 Å². The Bertz CT molecular complexity index is 824. The molecule has 142 valence electrons. The van der Waals surface area contributed by atoms with Crippen LogP contribution in [0.15, 0.2) is 42.5 Å². The lowest BCUT2D eigenvalue weighted by Gasteiger charge is -2.38. The molecule has 0 radical (unpaired) electrons. The molecule has 1 fully saturated rings. The lowest BCUT2D eigenvalue weighted by molar-refractivity contribution is -0.132. The number of fused-ring (bicyclic) bond motifs is 1. The van der Waals surface area contributed by atoms with Crippen LogP contribution in [0.1, 0.15) is 22.3 Å². The monoisotopic (exact) mass is 363 g/mol. The maximum Gasteiger partial charge on any atom is 0.236 e. The number of anilines is 1. The molecule has 2 aromatic carbocycles. The highest BCUT2D eigenvalue weighted by Crippen LogP contribution is 2.24. The number of amides is 1. The van der Waals surface area contributed by atoms with E-state index in [1.807, 2.05) is 4.90 Å². The van der Waals surface area contributed by atoms with E-state index >= 15 is 0 Å². The predicted molar refractivity (Wildman–Crippen MR) is 110 cm³/mol. The molecule has 2 aliphatic heterocycles. The molecule has 0 spiro atoms. The van der Waals surface area contributed by atoms with Crippen LogP contribution in [0.25, 0.3) is 0 Å². The van der Waals surface area contributed by atoms with E-state index in [4.69, 9.17) is 0 Å². The Morgan fingerprint density at radius 1 is 0.889 bits per heavy atom. The van der Waals surface area contributed by atoms with Crippen molar-refractivity contribution in [1.82, 2.24) is 9.80 Å². The van der Waals surface area contributed by atoms with Crippen molar-refractivity contribution >= 4 is 11.6 Å². The van der Waals surface area contributed by atoms with E-state index in [1.165, 1.54) is 27.9 Å². The van der Waals surface area contributed by atoms with Gasteiger partial charge in [0.05, 0.1) is 6.54 Å². The molecule has 0 saturated carbocycles. The number of hydrogen-bond donors (Lipinski definition) is 0. The predicted octanol–water partition coefficient (Wildman–Crippen LogP) is 3.01. The SMILES string of the molecule is Cc1cccc(N2CCN(C(=O)CN3CCc4ccccc4C3)CC2)c1C. The standard InChI is InChI=1S/C23H29N3O/c1-18-6-5-9-22(19(18)2)25-12-14-26(15-13-25)23(27)17-24-11-10-20-7-3-4-8-21(20)16-24/h3-9H,10-17H2,1-2H3. The van der Waals surface area contributed by atoms with Crippen molar-refractivity contribution in [3.63, 3.8) is 0 Å². The molecule has 2 aliphatic rings. The third-order valence-corrected chi connectivity index (χ3v) is 6.12. The summed E-state index contributed by atoms with van der Waals surface area (Å²) in [5.41, 5.74) is 6.80. The molecule has 1 amide bonds. The summed E-state index contributed by atoms with van der Waals surface area (Å²) in [4.78, 5) is 19.6. The fourth-order valence-electron chi connectivity index (χ4n) is 4.26. The molecule has 2 aromatic rings. The minimum absolute atomic E-state index is 0.273. The summed E-state index contributed by atoms with van der Waals surface area (Å²) in [6.45, 7) is 10.2. The number of carbonyl (C=O) groups excluding carboxylic acids is 1. The van der Waals surface area contributed by atoms with Gasteiger partial charge in [0.1, 0.15) is 0 Å². The quantitative estimate of drug-likeness (QED) is 0.839. The Balaban J connectivity index is 1.32. The maximum atomic E-state index is 12.8. The van der Waals surface area contributed by atoms with Crippen LogP contribution in [0.2, 0.25) is 0 Å². The highest BCUT2D eigenvalue weighted by atomic mass is 16.2. The normalized spacial score (nSPS) is 17.7. The Labute approximate surface area is 162 Å². The summed E-state index contributed by atoms with van der Waals surface area (Å²) in [7, 11) is 0. The van der Waals surface area contributed by atoms with Crippen molar-refractivity contribution in [1.29, 1.82) is 0 Å². The summed E-state index contributed by atoms with van der Waals surface area (Å²) in [6, 6.07) is 15.1. The van der Waals surface area contributed by atoms with Crippen LogP contribution in [0.3, 0.4) is 0 Å². The summed E-state index contributed by atoms with van der Waals surface area (Å²) in [5, 5.41) is 0. The zero-order valence-electron chi connectivity index (χ0n) is 16.4. The molecule has 0 unspecified atom stereocenters. The largest absolute Gasteiger partial charge is 0.368 e. The fraction of sp³-hybridized carbons (Fsp3) is 0.435. The van der Waals surface area contributed by atoms with E-state index in [9.17, 15) is 4.79 Å². The second kappa shape index (κ2) is 7.73. The highest BCUT2D eigenvalue weighted by Gasteiger charge is 2.25. The average Bonchev–Trinajstić information content (AvgIpc) is 2.70. The number of aryl methyl sites for hydroxylation is 1. The first-order valence-electron chi connectivity index (χ1n) is 10.00. The molecule has 0 N–H and O–H groups in total. The lowest BCUT2D eigenvalue weighted by atomic mass is 10.00. The van der Waals surface area contributed by atoms with E-state index in [0.29, 0.717) is 6.54 Å². The number of piperazine rings is 1. The third-order valence-electron chi connectivity index (χ3n) is 6.12. The number of nitrogens with zero attached hydrogens (tertiary/aromatic N) is 3. The first-order valence-corrected chi connectivity index (χ1v) is 10.00. The van der Waals surface area contributed by atoms with Crippen LogP contribution < -0.4 is 4.90 Å². The van der Waals surface area contributed by atoms with Crippen molar-refractivity contribution in [2.45, 2.75) is 26.8 Å². The van der Waals surface area contributed by atoms with Gasteiger partial charge in [0.25, 0.3) is 0 Å². The summed E-state index contributed by atoms with van der Waals surface area (Å²) in [5.74, 6) is 0.273. The van der Waals surface area contributed by atoms with Gasteiger partial charge in [0, 0.05) is 45.0 Å². The van der Waals surface area contributed by atoms with Crippen LogP contribution >= 0.6 is 0 Å². The maximum absolute atomic E-state index is 12.8. The Hall–Kier alpha value is -2.33. The summed E-state index contributed by atoms with van der Waals surface area (Å²) < 4.78 is 0. The van der Waals surface area contributed by atoms with E-state index < -0.39 is 0 Å². The van der Waals surface area contributed by atoms with E-state index in [1.54, 1.807) is 0 Å². The van der Waals surface area contributed by atoms with Crippen molar-refractivity contribution < 1.29 is 4.79 Å². The number of hydrogen-bond acceptors (Lipinski definition) is 3. The number of benzene rings is 2. The molecular formula is C23H29N3O. The third kappa shape index (κ3) is 3.86. The first-order chi connectivity index (χ1) is 13.1. The van der Waals surface area contributed by atoms with Crippen molar-refractivity contribution in [2.24, 2.45) is 0 Å². The topological polar surface area (TPSA) is 26.8 Å². The van der Waals surface area contributed by atoms with Crippen LogP contribution in [-0.2, 0) is 17.8 Å². The zero-order chi connectivity index (χ0) is 18.8. The molecule has 1 saturated heterocycles. The van der Waals surface area contributed by atoms with Crippen LogP contribution in [0.4, 0.5) is 5.69 Å². The Kier molecular flexibility index (Phi) is 5.17. The van der Waals surface area contributed by atoms with Crippen molar-refractivity contribution in [3.05, 3.63) is 64.7 Å². The molecule has 2 heterocycles. The fourth-order valence-corrected chi connectivity index (χ4v) is 4.26. The van der Waals surface area contributed by atoms with Crippen LogP contribution in [0, 0.1) is 13.8 Å². The Morgan fingerprint density at radius 2 is 1.63 bits per heavy atom. The molecule has 27 heavy (non-hydrogen) atoms. The molecule has 0 atom stereocenters. The van der Waals surface area contributed by atoms with Crippen molar-refractivity contribution in [3.8, 4) is 0 Å². The van der Waals surface area contributed by atoms with Gasteiger partial charge in [-0.05, 0) is 48.6 Å². The summed E-state index contributed by atoms with van der Waals surface area (Å²) >= 11 is 0. The second-order valence-electron chi connectivity index (χ2n) is 7.82. The van der Waals surface area contributed by atoms with Gasteiger partial charge in [-0.2, -0.15) is 0 Å². The van der Waals surface area contributed by atoms with Gasteiger partial charge in [0.15, 0.2) is 0 Å². The highest BCUT2D eigenvalue weighted by molar-refractivity contribution is 5.78. The molecule has 0 aromatic heterocycles. The van der Waals surface area contributed by atoms with E-state index in [0.717, 1.165) is 45.7 Å². The van der Waals surface area contributed by atoms with E-state index in [-0.39, 0.29) is 5.91 Å². The van der Waals surface area contributed by atoms with Crippen LogP contribution in [-0.4, -0.2) is 55.0 Å². The molecule has 0 bridgehead atoms. The summed E-state index contributed by atoms with van der Waals surface area (Å²) in [6.07, 6.45) is 1.05. The molecular weight excluding hydrogens is 334 g/mol. The average molecular weight is 364 g/mol. The molecule has 4 heteroatoms. The minimum atomic E-state index is 0.273. The van der Waals surface area contributed by atoms with Gasteiger partial charge in [0.2, 0.25) is 5.91 Å². The number of carbonyl (C=O) groups is 1. The van der Waals surface area contributed by atoms with Crippen molar-refractivity contribution in [2.75, 3.05) is 44.2 Å². The molecule has 4 nitrogen and oxygen atoms in total. The van der Waals surface area contributed by atoms with Gasteiger partial charge in [-0.1, -0.05) is 36.4 Å². The van der Waals surface area contributed by atoms with Gasteiger partial charge in [-0.15, -0.1) is 0 Å². The molecule has 0 aliphatic carbocycles. The Morgan fingerprint density at radius 3 is 2.41 bits per heavy atom. The molecule has 4 rings (SSSR count). The first kappa shape index (κ1) is 18.1. The smallest absolute Gasteiger partial charge is 0.236 e. The van der Waals surface area contributed by atoms with Crippen LogP contribution in [0.5, 0.6) is 0 Å². The van der Waals surface area contributed by atoms with Gasteiger partial charge in [-0.25, -0.2) is 0 Å². The number of rotatable bonds is 3. The minimum Gasteiger partial charge on any atom is -0.368 e. The van der Waals surface area contributed by atoms with Gasteiger partial charge >= 0.3 is 0 Å².